The Bertz CT molecular complexity index is 584. The van der Waals surface area contributed by atoms with Crippen LogP contribution >= 0.6 is 35.3 Å². The highest BCUT2D eigenvalue weighted by Gasteiger charge is 2.19. The van der Waals surface area contributed by atoms with Crippen LogP contribution in [0.4, 0.5) is 4.79 Å². The van der Waals surface area contributed by atoms with Crippen LogP contribution in [0.3, 0.4) is 0 Å². The van der Waals surface area contributed by atoms with Crippen LogP contribution in [0.2, 0.25) is 0 Å². The molecule has 0 saturated heterocycles. The third kappa shape index (κ3) is 9.56. The molecule has 0 radical (unpaired) electrons. The first-order valence-electron chi connectivity index (χ1n) is 8.45. The first-order chi connectivity index (χ1) is 11.6. The summed E-state index contributed by atoms with van der Waals surface area (Å²) in [6.07, 6.45) is -0.332. The zero-order valence-corrected chi connectivity index (χ0v) is 19.9. The summed E-state index contributed by atoms with van der Waals surface area (Å²) < 4.78 is 5.32. The maximum Gasteiger partial charge on any atom is 0.410 e. The first-order valence-corrected chi connectivity index (χ1v) is 9.33. The fourth-order valence-electron chi connectivity index (χ4n) is 1.82. The number of aromatic nitrogens is 1. The molecule has 0 saturated carbocycles. The van der Waals surface area contributed by atoms with Gasteiger partial charge in [0.05, 0.1) is 12.2 Å². The largest absolute Gasteiger partial charge is 0.444 e. The van der Waals surface area contributed by atoms with Gasteiger partial charge in [-0.1, -0.05) is 13.8 Å². The molecule has 9 heteroatoms. The van der Waals surface area contributed by atoms with Crippen LogP contribution in [-0.4, -0.2) is 54.7 Å². The molecule has 0 aliphatic rings. The van der Waals surface area contributed by atoms with Crippen LogP contribution in [0.25, 0.3) is 0 Å². The number of carbonyl (C=O) groups is 1. The lowest BCUT2D eigenvalue weighted by molar-refractivity contribution is 0.0302. The molecule has 0 atom stereocenters. The molecule has 26 heavy (non-hydrogen) atoms. The van der Waals surface area contributed by atoms with E-state index in [-0.39, 0.29) is 30.1 Å². The van der Waals surface area contributed by atoms with E-state index in [1.165, 1.54) is 0 Å². The highest BCUT2D eigenvalue weighted by molar-refractivity contribution is 14.0. The lowest BCUT2D eigenvalue weighted by Crippen LogP contribution is -2.42. The van der Waals surface area contributed by atoms with Crippen LogP contribution in [0.5, 0.6) is 0 Å². The van der Waals surface area contributed by atoms with Crippen molar-refractivity contribution < 1.29 is 9.53 Å². The minimum Gasteiger partial charge on any atom is -0.444 e. The second-order valence-electron chi connectivity index (χ2n) is 7.08. The number of nitrogens with zero attached hydrogens (tertiary/aromatic N) is 3. The number of guanidine groups is 1. The summed E-state index contributed by atoms with van der Waals surface area (Å²) in [5.74, 6) is 1.12. The quantitative estimate of drug-likeness (QED) is 0.358. The van der Waals surface area contributed by atoms with E-state index < -0.39 is 5.60 Å². The number of hydrogen-bond donors (Lipinski definition) is 2. The standard InChI is InChI=1S/C17H31N5O2S.HI/c1-12(2)13-11-25-14(21-13)10-20-15(18-6)19-8-9-22(7)16(23)24-17(3,4)5;/h11-12H,8-10H2,1-7H3,(H2,18,19,20);1H. The monoisotopic (exact) mass is 497 g/mol. The average Bonchev–Trinajstić information content (AvgIpc) is 2.97. The molecule has 0 unspecified atom stereocenters. The highest BCUT2D eigenvalue weighted by Crippen LogP contribution is 2.17. The van der Waals surface area contributed by atoms with Gasteiger partial charge < -0.3 is 20.3 Å². The lowest BCUT2D eigenvalue weighted by Gasteiger charge is -2.24. The molecule has 1 aromatic heterocycles. The van der Waals surface area contributed by atoms with Gasteiger partial charge in [0.1, 0.15) is 10.6 Å². The zero-order chi connectivity index (χ0) is 19.0. The van der Waals surface area contributed by atoms with E-state index >= 15 is 0 Å². The Hall–Kier alpha value is -1.10. The van der Waals surface area contributed by atoms with Crippen LogP contribution < -0.4 is 10.6 Å². The second kappa shape index (κ2) is 11.6. The minimum absolute atomic E-state index is 0. The maximum atomic E-state index is 11.9. The van der Waals surface area contributed by atoms with Crippen molar-refractivity contribution in [1.29, 1.82) is 0 Å². The minimum atomic E-state index is -0.487. The summed E-state index contributed by atoms with van der Waals surface area (Å²) in [5.41, 5.74) is 0.627. The molecule has 1 heterocycles. The van der Waals surface area contributed by atoms with Crippen molar-refractivity contribution in [2.45, 2.75) is 52.7 Å². The molecule has 1 amide bonds. The molecule has 2 N–H and O–H groups in total. The summed E-state index contributed by atoms with van der Waals surface area (Å²) >= 11 is 1.64. The van der Waals surface area contributed by atoms with Gasteiger partial charge in [-0.25, -0.2) is 9.78 Å². The second-order valence-corrected chi connectivity index (χ2v) is 8.02. The van der Waals surface area contributed by atoms with Gasteiger partial charge in [0, 0.05) is 32.6 Å². The van der Waals surface area contributed by atoms with Crippen molar-refractivity contribution in [3.8, 4) is 0 Å². The summed E-state index contributed by atoms with van der Waals surface area (Å²) in [5, 5.41) is 9.53. The third-order valence-electron chi connectivity index (χ3n) is 3.24. The van der Waals surface area contributed by atoms with Gasteiger partial charge in [-0.15, -0.1) is 35.3 Å². The zero-order valence-electron chi connectivity index (χ0n) is 16.8. The van der Waals surface area contributed by atoms with Gasteiger partial charge in [0.25, 0.3) is 0 Å². The molecule has 1 rings (SSSR count). The summed E-state index contributed by atoms with van der Waals surface area (Å²) in [6, 6.07) is 0. The average molecular weight is 497 g/mol. The Morgan fingerprint density at radius 2 is 2.04 bits per heavy atom. The van der Waals surface area contributed by atoms with Crippen molar-refractivity contribution in [3.05, 3.63) is 16.1 Å². The van der Waals surface area contributed by atoms with Crippen LogP contribution in [0.1, 0.15) is 51.2 Å². The van der Waals surface area contributed by atoms with Gasteiger partial charge in [-0.2, -0.15) is 0 Å². The SMILES string of the molecule is CN=C(NCCN(C)C(=O)OC(C)(C)C)NCc1nc(C(C)C)cs1.I. The first kappa shape index (κ1) is 24.9. The van der Waals surface area contributed by atoms with Gasteiger partial charge in [-0.05, 0) is 26.7 Å². The Morgan fingerprint density at radius 3 is 2.54 bits per heavy atom. The number of amides is 1. The van der Waals surface area contributed by atoms with E-state index in [2.05, 4.69) is 39.8 Å². The lowest BCUT2D eigenvalue weighted by atomic mass is 10.2. The number of aliphatic imine (C=N–C) groups is 1. The number of ether oxygens (including phenoxy) is 1. The smallest absolute Gasteiger partial charge is 0.410 e. The molecule has 1 aromatic rings. The number of halogens is 1. The van der Waals surface area contributed by atoms with Crippen LogP contribution in [0, 0.1) is 0 Å². The molecule has 0 bridgehead atoms. The number of rotatable bonds is 6. The third-order valence-corrected chi connectivity index (χ3v) is 4.10. The predicted molar refractivity (Wildman–Crippen MR) is 119 cm³/mol. The Labute approximate surface area is 178 Å². The molecule has 0 aromatic carbocycles. The summed E-state index contributed by atoms with van der Waals surface area (Å²) in [4.78, 5) is 22.2. The number of hydrogen-bond acceptors (Lipinski definition) is 5. The molecule has 7 nitrogen and oxygen atoms in total. The van der Waals surface area contributed by atoms with Gasteiger partial charge in [0.2, 0.25) is 0 Å². The van der Waals surface area contributed by atoms with Gasteiger partial charge >= 0.3 is 6.09 Å². The van der Waals surface area contributed by atoms with Crippen molar-refractivity contribution in [3.63, 3.8) is 0 Å². The normalized spacial score (nSPS) is 11.8. The molecule has 0 spiro atoms. The summed E-state index contributed by atoms with van der Waals surface area (Å²) in [7, 11) is 3.43. The van der Waals surface area contributed by atoms with E-state index in [1.54, 1.807) is 30.3 Å². The summed E-state index contributed by atoms with van der Waals surface area (Å²) in [6.45, 7) is 11.5. The fraction of sp³-hybridized carbons (Fsp3) is 0.706. The maximum absolute atomic E-state index is 11.9. The van der Waals surface area contributed by atoms with E-state index in [9.17, 15) is 4.79 Å². The van der Waals surface area contributed by atoms with Gasteiger partial charge in [0.15, 0.2) is 5.96 Å². The van der Waals surface area contributed by atoms with Crippen molar-refractivity contribution >= 4 is 47.4 Å². The molecular formula is C17H32IN5O2S. The molecule has 0 aliphatic heterocycles. The van der Waals surface area contributed by atoms with Crippen molar-refractivity contribution in [1.82, 2.24) is 20.5 Å². The number of likely N-dealkylation sites (N-methyl/N-ethyl adjacent to an activating group) is 1. The molecule has 0 fully saturated rings. The van der Waals surface area contributed by atoms with Crippen LogP contribution in [-0.2, 0) is 11.3 Å². The Kier molecular flexibility index (Phi) is 11.1. The number of carbonyl (C=O) groups excluding carboxylic acids is 1. The van der Waals surface area contributed by atoms with Crippen molar-refractivity contribution in [2.24, 2.45) is 4.99 Å². The Morgan fingerprint density at radius 1 is 1.38 bits per heavy atom. The molecule has 0 aliphatic carbocycles. The van der Waals surface area contributed by atoms with E-state index in [1.807, 2.05) is 20.8 Å². The van der Waals surface area contributed by atoms with Gasteiger partial charge in [-0.3, -0.25) is 4.99 Å². The number of nitrogens with one attached hydrogen (secondary N) is 2. The fourth-order valence-corrected chi connectivity index (χ4v) is 2.72. The molecular weight excluding hydrogens is 465 g/mol. The highest BCUT2D eigenvalue weighted by atomic mass is 127. The van der Waals surface area contributed by atoms with E-state index in [0.29, 0.717) is 31.5 Å². The predicted octanol–water partition coefficient (Wildman–Crippen LogP) is 3.42. The Balaban J connectivity index is 0.00000625. The van der Waals surface area contributed by atoms with E-state index in [0.717, 1.165) is 10.7 Å². The van der Waals surface area contributed by atoms with Crippen LogP contribution in [0.15, 0.2) is 10.4 Å². The number of thiazole rings is 1. The van der Waals surface area contributed by atoms with E-state index in [4.69, 9.17) is 4.74 Å². The van der Waals surface area contributed by atoms with Crippen molar-refractivity contribution in [2.75, 3.05) is 27.2 Å². The topological polar surface area (TPSA) is 78.9 Å². The molecule has 150 valence electrons.